The van der Waals surface area contributed by atoms with Gasteiger partial charge in [-0.3, -0.25) is 0 Å². The van der Waals surface area contributed by atoms with Gasteiger partial charge in [0.2, 0.25) is 0 Å². The van der Waals surface area contributed by atoms with Crippen molar-refractivity contribution in [3.8, 4) is 11.5 Å². The third kappa shape index (κ3) is 2.68. The number of para-hydroxylation sites is 1. The molecule has 1 atom stereocenters. The van der Waals surface area contributed by atoms with Crippen molar-refractivity contribution in [3.63, 3.8) is 0 Å². The van der Waals surface area contributed by atoms with Gasteiger partial charge in [-0.25, -0.2) is 4.39 Å². The summed E-state index contributed by atoms with van der Waals surface area (Å²) in [5, 5.41) is 0. The number of ether oxygens (including phenoxy) is 1. The molecule has 2 aromatic rings. The highest BCUT2D eigenvalue weighted by Crippen LogP contribution is 2.31. The quantitative estimate of drug-likeness (QED) is 0.888. The fourth-order valence-electron chi connectivity index (χ4n) is 1.73. The third-order valence-electron chi connectivity index (χ3n) is 2.75. The zero-order valence-corrected chi connectivity index (χ0v) is 10.5. The lowest BCUT2D eigenvalue weighted by molar-refractivity contribution is 0.468. The van der Waals surface area contributed by atoms with E-state index in [9.17, 15) is 4.39 Å². The first-order chi connectivity index (χ1) is 8.58. The molecule has 0 aromatic heterocycles. The zero-order chi connectivity index (χ0) is 13.1. The average Bonchev–Trinajstić information content (AvgIpc) is 2.34. The number of hydrogen-bond donors (Lipinski definition) is 1. The predicted octanol–water partition coefficient (Wildman–Crippen LogP) is 3.95. The second kappa shape index (κ2) is 5.19. The fourth-order valence-corrected chi connectivity index (χ4v) is 1.73. The van der Waals surface area contributed by atoms with Crippen molar-refractivity contribution in [3.05, 3.63) is 59.4 Å². The molecule has 2 rings (SSSR count). The van der Waals surface area contributed by atoms with Crippen molar-refractivity contribution in [2.24, 2.45) is 5.73 Å². The summed E-state index contributed by atoms with van der Waals surface area (Å²) in [6.45, 7) is 3.51. The van der Waals surface area contributed by atoms with Gasteiger partial charge in [-0.05, 0) is 43.7 Å². The van der Waals surface area contributed by atoms with Crippen LogP contribution < -0.4 is 10.5 Å². The molecule has 3 heteroatoms. The summed E-state index contributed by atoms with van der Waals surface area (Å²) < 4.78 is 19.3. The second-order valence-electron chi connectivity index (χ2n) is 4.34. The minimum Gasteiger partial charge on any atom is -0.457 e. The number of nitrogens with two attached hydrogens (primary N) is 1. The normalized spacial score (nSPS) is 12.2. The molecule has 0 aliphatic carbocycles. The molecule has 0 amide bonds. The van der Waals surface area contributed by atoms with Crippen LogP contribution in [0.15, 0.2) is 42.5 Å². The highest BCUT2D eigenvalue weighted by molar-refractivity contribution is 5.42. The third-order valence-corrected chi connectivity index (χ3v) is 2.75. The van der Waals surface area contributed by atoms with Gasteiger partial charge in [-0.1, -0.05) is 18.2 Å². The Bertz CT molecular complexity index is 538. The molecule has 0 fully saturated rings. The molecule has 0 heterocycles. The van der Waals surface area contributed by atoms with E-state index in [4.69, 9.17) is 10.5 Å². The monoisotopic (exact) mass is 245 g/mol. The second-order valence-corrected chi connectivity index (χ2v) is 4.34. The van der Waals surface area contributed by atoms with E-state index in [1.807, 2.05) is 37.3 Å². The molecule has 18 heavy (non-hydrogen) atoms. The smallest absolute Gasteiger partial charge is 0.132 e. The van der Waals surface area contributed by atoms with Gasteiger partial charge in [-0.2, -0.15) is 0 Å². The molecular formula is C15H16FNO. The van der Waals surface area contributed by atoms with Gasteiger partial charge in [0.15, 0.2) is 0 Å². The van der Waals surface area contributed by atoms with Crippen LogP contribution in [-0.4, -0.2) is 0 Å². The molecule has 0 saturated heterocycles. The van der Waals surface area contributed by atoms with Crippen LogP contribution in [0.25, 0.3) is 0 Å². The van der Waals surface area contributed by atoms with Gasteiger partial charge in [0.05, 0.1) is 0 Å². The molecule has 2 aromatic carbocycles. The molecule has 0 radical (unpaired) electrons. The molecule has 94 valence electrons. The topological polar surface area (TPSA) is 35.2 Å². The van der Waals surface area contributed by atoms with Crippen LogP contribution in [0.1, 0.15) is 24.1 Å². The van der Waals surface area contributed by atoms with E-state index < -0.39 is 0 Å². The number of benzene rings is 2. The van der Waals surface area contributed by atoms with Gasteiger partial charge >= 0.3 is 0 Å². The Hall–Kier alpha value is -1.87. The van der Waals surface area contributed by atoms with Crippen molar-refractivity contribution < 1.29 is 9.13 Å². The van der Waals surface area contributed by atoms with Gasteiger partial charge in [-0.15, -0.1) is 0 Å². The lowest BCUT2D eigenvalue weighted by Crippen LogP contribution is -2.07. The summed E-state index contributed by atoms with van der Waals surface area (Å²) in [4.78, 5) is 0. The van der Waals surface area contributed by atoms with Crippen LogP contribution in [0.5, 0.6) is 11.5 Å². The van der Waals surface area contributed by atoms with Crippen molar-refractivity contribution in [1.29, 1.82) is 0 Å². The fraction of sp³-hybridized carbons (Fsp3) is 0.200. The molecule has 0 saturated carbocycles. The van der Waals surface area contributed by atoms with E-state index in [0.29, 0.717) is 22.6 Å². The molecule has 0 bridgehead atoms. The zero-order valence-electron chi connectivity index (χ0n) is 10.5. The van der Waals surface area contributed by atoms with Crippen LogP contribution in [0.2, 0.25) is 0 Å². The number of hydrogen-bond acceptors (Lipinski definition) is 2. The molecule has 0 spiro atoms. The van der Waals surface area contributed by atoms with Crippen molar-refractivity contribution in [2.75, 3.05) is 0 Å². The first-order valence-electron chi connectivity index (χ1n) is 5.86. The van der Waals surface area contributed by atoms with Crippen LogP contribution in [0.3, 0.4) is 0 Å². The molecular weight excluding hydrogens is 229 g/mol. The van der Waals surface area contributed by atoms with Crippen molar-refractivity contribution in [2.45, 2.75) is 19.9 Å². The van der Waals surface area contributed by atoms with E-state index in [0.717, 1.165) is 0 Å². The van der Waals surface area contributed by atoms with E-state index in [-0.39, 0.29) is 11.9 Å². The minimum absolute atomic E-state index is 0.261. The van der Waals surface area contributed by atoms with Crippen LogP contribution >= 0.6 is 0 Å². The number of rotatable bonds is 3. The van der Waals surface area contributed by atoms with Gasteiger partial charge in [0.1, 0.15) is 17.3 Å². The Labute approximate surface area is 106 Å². The maximum absolute atomic E-state index is 13.5. The number of halogens is 1. The molecule has 2 nitrogen and oxygen atoms in total. The molecule has 0 aliphatic rings. The van der Waals surface area contributed by atoms with E-state index in [1.54, 1.807) is 13.0 Å². The van der Waals surface area contributed by atoms with E-state index >= 15 is 0 Å². The Morgan fingerprint density at radius 2 is 1.83 bits per heavy atom. The molecule has 0 unspecified atom stereocenters. The SMILES string of the molecule is Cc1cc(Oc2ccccc2)c([C@@H](C)N)cc1F. The first kappa shape index (κ1) is 12.6. The molecule has 2 N–H and O–H groups in total. The Morgan fingerprint density at radius 3 is 2.44 bits per heavy atom. The minimum atomic E-state index is -0.279. The summed E-state index contributed by atoms with van der Waals surface area (Å²) in [7, 11) is 0. The first-order valence-corrected chi connectivity index (χ1v) is 5.86. The highest BCUT2D eigenvalue weighted by atomic mass is 19.1. The maximum Gasteiger partial charge on any atom is 0.132 e. The summed E-state index contributed by atoms with van der Waals surface area (Å²) in [5.74, 6) is 1.06. The lowest BCUT2D eigenvalue weighted by Gasteiger charge is -2.15. The maximum atomic E-state index is 13.5. The van der Waals surface area contributed by atoms with E-state index in [2.05, 4.69) is 0 Å². The Kier molecular flexibility index (Phi) is 3.63. The summed E-state index contributed by atoms with van der Waals surface area (Å²) in [6.07, 6.45) is 0. The van der Waals surface area contributed by atoms with Crippen LogP contribution in [0, 0.1) is 12.7 Å². The Balaban J connectivity index is 2.40. The van der Waals surface area contributed by atoms with Crippen molar-refractivity contribution >= 4 is 0 Å². The highest BCUT2D eigenvalue weighted by Gasteiger charge is 2.12. The van der Waals surface area contributed by atoms with Crippen LogP contribution in [-0.2, 0) is 0 Å². The molecule has 0 aliphatic heterocycles. The van der Waals surface area contributed by atoms with Crippen LogP contribution in [0.4, 0.5) is 4.39 Å². The lowest BCUT2D eigenvalue weighted by atomic mass is 10.1. The van der Waals surface area contributed by atoms with Gasteiger partial charge in [0, 0.05) is 11.6 Å². The summed E-state index contributed by atoms with van der Waals surface area (Å²) in [6, 6.07) is 12.2. The van der Waals surface area contributed by atoms with Gasteiger partial charge < -0.3 is 10.5 Å². The number of aryl methyl sites for hydroxylation is 1. The largest absolute Gasteiger partial charge is 0.457 e. The summed E-state index contributed by atoms with van der Waals surface area (Å²) in [5.41, 5.74) is 7.06. The standard InChI is InChI=1S/C15H16FNO/c1-10-8-15(13(11(2)17)9-14(10)16)18-12-6-4-3-5-7-12/h3-9,11H,17H2,1-2H3/t11-/m1/s1. The van der Waals surface area contributed by atoms with Gasteiger partial charge in [0.25, 0.3) is 0 Å². The average molecular weight is 245 g/mol. The van der Waals surface area contributed by atoms with E-state index in [1.165, 1.54) is 6.07 Å². The predicted molar refractivity (Wildman–Crippen MR) is 70.3 cm³/mol. The Morgan fingerprint density at radius 1 is 1.17 bits per heavy atom. The van der Waals surface area contributed by atoms with Crippen molar-refractivity contribution in [1.82, 2.24) is 0 Å². The summed E-state index contributed by atoms with van der Waals surface area (Å²) >= 11 is 0.